The zero-order valence-corrected chi connectivity index (χ0v) is 15.4. The van der Waals surface area contributed by atoms with Gasteiger partial charge in [0.05, 0.1) is 10.4 Å². The van der Waals surface area contributed by atoms with Crippen LogP contribution in [0.1, 0.15) is 39.6 Å². The number of carbonyl (C=O) groups excluding carboxylic acids is 1. The largest absolute Gasteiger partial charge is 0.335 e. The lowest BCUT2D eigenvalue weighted by Crippen LogP contribution is -2.35. The van der Waals surface area contributed by atoms with E-state index < -0.39 is 0 Å². The molecule has 1 amide bonds. The Bertz CT molecular complexity index is 890. The van der Waals surface area contributed by atoms with E-state index in [0.29, 0.717) is 18.1 Å². The first-order valence-corrected chi connectivity index (χ1v) is 9.63. The molecule has 3 aromatic heterocycles. The van der Waals surface area contributed by atoms with Crippen molar-refractivity contribution in [3.05, 3.63) is 52.2 Å². The van der Waals surface area contributed by atoms with Gasteiger partial charge in [-0.3, -0.25) is 9.78 Å². The molecule has 0 aliphatic carbocycles. The predicted molar refractivity (Wildman–Crippen MR) is 99.0 cm³/mol. The van der Waals surface area contributed by atoms with Gasteiger partial charge in [-0.2, -0.15) is 4.98 Å². The minimum Gasteiger partial charge on any atom is -0.335 e. The SMILES string of the molecule is Cc1ccc(C(=O)N2CCCC2CCc2noc(-c3cccnc3)n2)s1. The van der Waals surface area contributed by atoms with Crippen LogP contribution in [0, 0.1) is 6.92 Å². The van der Waals surface area contributed by atoms with Crippen LogP contribution in [0.25, 0.3) is 11.5 Å². The number of rotatable bonds is 5. The highest BCUT2D eigenvalue weighted by atomic mass is 32.1. The molecule has 7 heteroatoms. The third-order valence-corrected chi connectivity index (χ3v) is 5.66. The molecule has 1 atom stereocenters. The molecule has 134 valence electrons. The molecule has 1 saturated heterocycles. The number of hydrogen-bond acceptors (Lipinski definition) is 6. The van der Waals surface area contributed by atoms with E-state index in [0.717, 1.165) is 36.2 Å². The van der Waals surface area contributed by atoms with Crippen molar-refractivity contribution in [2.24, 2.45) is 0 Å². The van der Waals surface area contributed by atoms with Crippen LogP contribution >= 0.6 is 11.3 Å². The van der Waals surface area contributed by atoms with E-state index in [2.05, 4.69) is 15.1 Å². The zero-order chi connectivity index (χ0) is 17.9. The quantitative estimate of drug-likeness (QED) is 0.686. The maximum absolute atomic E-state index is 12.8. The molecule has 4 rings (SSSR count). The molecule has 1 aliphatic rings. The van der Waals surface area contributed by atoms with E-state index >= 15 is 0 Å². The van der Waals surface area contributed by atoms with E-state index in [1.807, 2.05) is 36.1 Å². The van der Waals surface area contributed by atoms with Crippen LogP contribution in [0.4, 0.5) is 0 Å². The Kier molecular flexibility index (Phi) is 4.79. The number of pyridine rings is 1. The van der Waals surface area contributed by atoms with Crippen molar-refractivity contribution >= 4 is 17.2 Å². The van der Waals surface area contributed by atoms with Crippen LogP contribution in [0.5, 0.6) is 0 Å². The Morgan fingerprint density at radius 3 is 3.08 bits per heavy atom. The summed E-state index contributed by atoms with van der Waals surface area (Å²) in [5.41, 5.74) is 0.817. The molecule has 0 spiro atoms. The summed E-state index contributed by atoms with van der Waals surface area (Å²) in [4.78, 5) is 25.3. The maximum Gasteiger partial charge on any atom is 0.264 e. The lowest BCUT2D eigenvalue weighted by Gasteiger charge is -2.23. The summed E-state index contributed by atoms with van der Waals surface area (Å²) in [5, 5.41) is 4.07. The van der Waals surface area contributed by atoms with Gasteiger partial charge in [-0.1, -0.05) is 5.16 Å². The monoisotopic (exact) mass is 368 g/mol. The molecule has 0 bridgehead atoms. The van der Waals surface area contributed by atoms with Crippen molar-refractivity contribution in [2.75, 3.05) is 6.54 Å². The number of aryl methyl sites for hydroxylation is 2. The van der Waals surface area contributed by atoms with Crippen LogP contribution in [-0.2, 0) is 6.42 Å². The Morgan fingerprint density at radius 2 is 2.31 bits per heavy atom. The summed E-state index contributed by atoms with van der Waals surface area (Å²) >= 11 is 1.56. The maximum atomic E-state index is 12.8. The van der Waals surface area contributed by atoms with Crippen molar-refractivity contribution < 1.29 is 9.32 Å². The fraction of sp³-hybridized carbons (Fsp3) is 0.368. The lowest BCUT2D eigenvalue weighted by atomic mass is 10.1. The molecule has 0 aromatic carbocycles. The third-order valence-electron chi connectivity index (χ3n) is 4.67. The summed E-state index contributed by atoms with van der Waals surface area (Å²) in [5.74, 6) is 1.31. The molecule has 0 saturated carbocycles. The normalized spacial score (nSPS) is 17.0. The average Bonchev–Trinajstić information content (AvgIpc) is 3.40. The van der Waals surface area contributed by atoms with Crippen LogP contribution in [0.2, 0.25) is 0 Å². The van der Waals surface area contributed by atoms with Crippen LogP contribution < -0.4 is 0 Å². The van der Waals surface area contributed by atoms with Crippen molar-refractivity contribution in [1.29, 1.82) is 0 Å². The van der Waals surface area contributed by atoms with Crippen LogP contribution in [0.15, 0.2) is 41.2 Å². The summed E-state index contributed by atoms with van der Waals surface area (Å²) in [6.07, 6.45) is 7.04. The van der Waals surface area contributed by atoms with Gasteiger partial charge in [-0.05, 0) is 50.5 Å². The second kappa shape index (κ2) is 7.37. The molecule has 1 aliphatic heterocycles. The number of likely N-dealkylation sites (tertiary alicyclic amines) is 1. The molecule has 6 nitrogen and oxygen atoms in total. The number of aromatic nitrogens is 3. The van der Waals surface area contributed by atoms with Gasteiger partial charge in [-0.25, -0.2) is 0 Å². The molecular formula is C19H20N4O2S. The summed E-state index contributed by atoms with van der Waals surface area (Å²) < 4.78 is 5.33. The Hall–Kier alpha value is -2.54. The summed E-state index contributed by atoms with van der Waals surface area (Å²) in [7, 11) is 0. The standard InChI is InChI=1S/C19H20N4O2S/c1-13-6-8-16(26-13)19(24)23-11-3-5-15(23)7-9-17-21-18(25-22-17)14-4-2-10-20-12-14/h2,4,6,8,10,12,15H,3,5,7,9,11H2,1H3. The van der Waals surface area contributed by atoms with Gasteiger partial charge in [0, 0.05) is 36.3 Å². The molecular weight excluding hydrogens is 348 g/mol. The highest BCUT2D eigenvalue weighted by molar-refractivity contribution is 7.13. The van der Waals surface area contributed by atoms with Gasteiger partial charge in [0.15, 0.2) is 5.82 Å². The lowest BCUT2D eigenvalue weighted by molar-refractivity contribution is 0.0735. The van der Waals surface area contributed by atoms with Crippen molar-refractivity contribution in [3.63, 3.8) is 0 Å². The first kappa shape index (κ1) is 16.9. The molecule has 26 heavy (non-hydrogen) atoms. The van der Waals surface area contributed by atoms with Crippen molar-refractivity contribution in [3.8, 4) is 11.5 Å². The smallest absolute Gasteiger partial charge is 0.264 e. The summed E-state index contributed by atoms with van der Waals surface area (Å²) in [6.45, 7) is 2.85. The topological polar surface area (TPSA) is 72.1 Å². The van der Waals surface area contributed by atoms with E-state index in [-0.39, 0.29) is 11.9 Å². The van der Waals surface area contributed by atoms with E-state index in [9.17, 15) is 4.79 Å². The Morgan fingerprint density at radius 1 is 1.38 bits per heavy atom. The minimum absolute atomic E-state index is 0.148. The Labute approximate surface area is 155 Å². The van der Waals surface area contributed by atoms with E-state index in [4.69, 9.17) is 4.52 Å². The molecule has 0 N–H and O–H groups in total. The van der Waals surface area contributed by atoms with Gasteiger partial charge in [0.1, 0.15) is 0 Å². The first-order valence-electron chi connectivity index (χ1n) is 8.81. The number of thiophene rings is 1. The van der Waals surface area contributed by atoms with Gasteiger partial charge < -0.3 is 9.42 Å². The molecule has 3 aromatic rings. The van der Waals surface area contributed by atoms with Gasteiger partial charge in [-0.15, -0.1) is 11.3 Å². The van der Waals surface area contributed by atoms with Gasteiger partial charge >= 0.3 is 0 Å². The first-order chi connectivity index (χ1) is 12.7. The number of hydrogen-bond donors (Lipinski definition) is 0. The van der Waals surface area contributed by atoms with E-state index in [1.165, 1.54) is 4.88 Å². The molecule has 4 heterocycles. The average molecular weight is 368 g/mol. The molecule has 0 radical (unpaired) electrons. The second-order valence-electron chi connectivity index (χ2n) is 6.50. The third kappa shape index (κ3) is 3.53. The fourth-order valence-corrected chi connectivity index (χ4v) is 4.18. The highest BCUT2D eigenvalue weighted by Crippen LogP contribution is 2.26. The van der Waals surface area contributed by atoms with Crippen LogP contribution in [0.3, 0.4) is 0 Å². The zero-order valence-electron chi connectivity index (χ0n) is 14.6. The van der Waals surface area contributed by atoms with Crippen molar-refractivity contribution in [2.45, 2.75) is 38.6 Å². The molecule has 1 unspecified atom stereocenters. The van der Waals surface area contributed by atoms with Gasteiger partial charge in [0.2, 0.25) is 0 Å². The predicted octanol–water partition coefficient (Wildman–Crippen LogP) is 3.74. The molecule has 1 fully saturated rings. The number of carbonyl (C=O) groups is 1. The summed E-state index contributed by atoms with van der Waals surface area (Å²) in [6, 6.07) is 7.91. The fourth-order valence-electron chi connectivity index (χ4n) is 3.35. The highest BCUT2D eigenvalue weighted by Gasteiger charge is 2.30. The Balaban J connectivity index is 1.39. The van der Waals surface area contributed by atoms with Gasteiger partial charge in [0.25, 0.3) is 11.8 Å². The van der Waals surface area contributed by atoms with Crippen molar-refractivity contribution in [1.82, 2.24) is 20.0 Å². The number of amides is 1. The number of nitrogens with zero attached hydrogens (tertiary/aromatic N) is 4. The second-order valence-corrected chi connectivity index (χ2v) is 7.79. The van der Waals surface area contributed by atoms with E-state index in [1.54, 1.807) is 23.7 Å². The minimum atomic E-state index is 0.148. The van der Waals surface area contributed by atoms with Crippen LogP contribution in [-0.4, -0.2) is 38.5 Å².